The van der Waals surface area contributed by atoms with Crippen LogP contribution in [0.3, 0.4) is 0 Å². The molecule has 240 valence electrons. The van der Waals surface area contributed by atoms with E-state index in [0.717, 1.165) is 68.6 Å². The summed E-state index contributed by atoms with van der Waals surface area (Å²) in [7, 11) is 0. The van der Waals surface area contributed by atoms with Crippen molar-refractivity contribution in [2.45, 2.75) is 64.9 Å². The Morgan fingerprint density at radius 3 is 2.33 bits per heavy atom. The van der Waals surface area contributed by atoms with Gasteiger partial charge >= 0.3 is 12.3 Å². The van der Waals surface area contributed by atoms with Crippen molar-refractivity contribution in [3.8, 4) is 16.9 Å². The molecule has 1 amide bonds. The van der Waals surface area contributed by atoms with Gasteiger partial charge in [-0.05, 0) is 99.2 Å². The Morgan fingerprint density at radius 1 is 0.978 bits per heavy atom. The topological polar surface area (TPSA) is 84.0 Å². The Kier molecular flexibility index (Phi) is 10.3. The van der Waals surface area contributed by atoms with E-state index in [1.54, 1.807) is 30.5 Å². The number of esters is 1. The van der Waals surface area contributed by atoms with Gasteiger partial charge in [0.15, 0.2) is 0 Å². The fraction of sp³-hybridized carbons (Fsp3) is 0.441. The minimum Gasteiger partial charge on any atom is -0.466 e. The van der Waals surface area contributed by atoms with Gasteiger partial charge in [0.2, 0.25) is 0 Å². The molecule has 45 heavy (non-hydrogen) atoms. The molecule has 2 aliphatic rings. The maximum Gasteiger partial charge on any atom is 0.573 e. The number of rotatable bonds is 10. The fourth-order valence-electron chi connectivity index (χ4n) is 6.22. The first-order valence-electron chi connectivity index (χ1n) is 15.6. The third-order valence-corrected chi connectivity index (χ3v) is 8.58. The third-order valence-electron chi connectivity index (χ3n) is 8.58. The van der Waals surface area contributed by atoms with Crippen molar-refractivity contribution >= 4 is 23.4 Å². The Bertz CT molecular complexity index is 1460. The van der Waals surface area contributed by atoms with E-state index in [9.17, 15) is 22.8 Å². The highest BCUT2D eigenvalue weighted by atomic mass is 19.4. The van der Waals surface area contributed by atoms with Crippen LogP contribution in [0.4, 0.5) is 24.7 Å². The molecule has 2 saturated heterocycles. The highest BCUT2D eigenvalue weighted by Gasteiger charge is 2.31. The first kappa shape index (κ1) is 32.3. The summed E-state index contributed by atoms with van der Waals surface area (Å²) in [4.78, 5) is 34.4. The fourth-order valence-corrected chi connectivity index (χ4v) is 6.22. The van der Waals surface area contributed by atoms with Crippen LogP contribution >= 0.6 is 0 Å². The molecular formula is C34H39F3N4O4. The van der Waals surface area contributed by atoms with Gasteiger partial charge in [0, 0.05) is 48.7 Å². The summed E-state index contributed by atoms with van der Waals surface area (Å²) in [5.41, 5.74) is 3.88. The summed E-state index contributed by atoms with van der Waals surface area (Å²) in [5.74, 6) is -0.394. The van der Waals surface area contributed by atoms with Crippen molar-refractivity contribution in [2.75, 3.05) is 36.5 Å². The Morgan fingerprint density at radius 2 is 1.69 bits per heavy atom. The Hall–Kier alpha value is -4.12. The zero-order valence-corrected chi connectivity index (χ0v) is 25.6. The molecule has 8 nitrogen and oxygen atoms in total. The van der Waals surface area contributed by atoms with E-state index in [1.807, 2.05) is 25.1 Å². The van der Waals surface area contributed by atoms with Gasteiger partial charge in [-0.1, -0.05) is 19.1 Å². The molecule has 2 aliphatic heterocycles. The van der Waals surface area contributed by atoms with Gasteiger partial charge in [0.05, 0.1) is 12.5 Å². The maximum absolute atomic E-state index is 13.2. The van der Waals surface area contributed by atoms with E-state index >= 15 is 0 Å². The van der Waals surface area contributed by atoms with Gasteiger partial charge < -0.3 is 19.7 Å². The molecule has 0 spiro atoms. The van der Waals surface area contributed by atoms with E-state index in [4.69, 9.17) is 4.74 Å². The number of pyridine rings is 1. The maximum atomic E-state index is 13.2. The lowest BCUT2D eigenvalue weighted by atomic mass is 9.96. The van der Waals surface area contributed by atoms with Crippen LogP contribution in [0.25, 0.3) is 11.1 Å². The minimum absolute atomic E-state index is 0.0730. The van der Waals surface area contributed by atoms with Crippen LogP contribution in [-0.2, 0) is 16.1 Å². The second-order valence-electron chi connectivity index (χ2n) is 11.5. The molecule has 0 unspecified atom stereocenters. The Labute approximate surface area is 261 Å². The number of halogens is 3. The second kappa shape index (κ2) is 14.3. The predicted molar refractivity (Wildman–Crippen MR) is 166 cm³/mol. The van der Waals surface area contributed by atoms with E-state index in [1.165, 1.54) is 12.1 Å². The number of aromatic nitrogens is 1. The number of nitrogens with zero attached hydrogens (tertiary/aromatic N) is 3. The van der Waals surface area contributed by atoms with Crippen molar-refractivity contribution < 1.29 is 32.2 Å². The number of carbonyl (C=O) groups excluding carboxylic acids is 2. The number of likely N-dealkylation sites (tertiary alicyclic amines) is 1. The number of piperidine rings is 1. The van der Waals surface area contributed by atoms with Crippen LogP contribution < -0.4 is 15.0 Å². The molecule has 0 aliphatic carbocycles. The molecule has 0 saturated carbocycles. The number of hydrogen-bond donors (Lipinski definition) is 1. The predicted octanol–water partition coefficient (Wildman–Crippen LogP) is 7.05. The summed E-state index contributed by atoms with van der Waals surface area (Å²) in [6, 6.07) is 15.4. The van der Waals surface area contributed by atoms with Gasteiger partial charge in [-0.3, -0.25) is 14.5 Å². The first-order chi connectivity index (χ1) is 21.6. The highest BCUT2D eigenvalue weighted by molar-refractivity contribution is 6.04. The van der Waals surface area contributed by atoms with Crippen molar-refractivity contribution in [2.24, 2.45) is 5.92 Å². The molecule has 1 aromatic heterocycles. The summed E-state index contributed by atoms with van der Waals surface area (Å²) in [5, 5.41) is 2.91. The van der Waals surface area contributed by atoms with Crippen LogP contribution in [0.5, 0.6) is 5.75 Å². The number of amides is 1. The number of nitrogens with one attached hydrogen (secondary N) is 1. The summed E-state index contributed by atoms with van der Waals surface area (Å²) >= 11 is 0. The SMILES string of the molecule is CCOC(=O)C1CCN(c2ccc(C(=O)Nc3cc(CN4CCC[C@H]4CC)c(-c4ccc(OC(F)(F)F)cc4)cn3)cc2)CC1. The van der Waals surface area contributed by atoms with Crippen LogP contribution in [0.2, 0.25) is 0 Å². The van der Waals surface area contributed by atoms with Crippen molar-refractivity contribution in [1.29, 1.82) is 0 Å². The molecular weight excluding hydrogens is 585 g/mol. The lowest BCUT2D eigenvalue weighted by molar-refractivity contribution is -0.274. The Balaban J connectivity index is 1.29. The zero-order valence-electron chi connectivity index (χ0n) is 25.6. The van der Waals surface area contributed by atoms with Gasteiger partial charge in [-0.2, -0.15) is 0 Å². The summed E-state index contributed by atoms with van der Waals surface area (Å²) in [6.45, 7) is 7.42. The largest absolute Gasteiger partial charge is 0.573 e. The molecule has 2 aromatic carbocycles. The number of hydrogen-bond acceptors (Lipinski definition) is 7. The molecule has 11 heteroatoms. The summed E-state index contributed by atoms with van der Waals surface area (Å²) in [6.07, 6.45) is 1.59. The van der Waals surface area contributed by atoms with Gasteiger partial charge in [0.25, 0.3) is 5.91 Å². The molecule has 3 aromatic rings. The summed E-state index contributed by atoms with van der Waals surface area (Å²) < 4.78 is 47.2. The molecule has 0 bridgehead atoms. The van der Waals surface area contributed by atoms with Crippen molar-refractivity contribution in [3.05, 3.63) is 71.9 Å². The number of ether oxygens (including phenoxy) is 2. The molecule has 0 radical (unpaired) electrons. The van der Waals surface area contributed by atoms with Crippen molar-refractivity contribution in [3.63, 3.8) is 0 Å². The van der Waals surface area contributed by atoms with E-state index in [0.29, 0.717) is 36.1 Å². The standard InChI is InChI=1S/C34H39F3N4O4/c1-3-27-6-5-17-41(27)22-26-20-31(38-21-30(26)23-9-13-29(14-10-23)45-34(35,36)37)39-32(42)24-7-11-28(12-8-24)40-18-15-25(16-19-40)33(43)44-4-2/h7-14,20-21,25,27H,3-6,15-19,22H2,1-2H3,(H,38,39,42)/t27-/m1/s1. The molecule has 5 rings (SSSR count). The number of alkyl halides is 3. The quantitative estimate of drug-likeness (QED) is 0.242. The smallest absolute Gasteiger partial charge is 0.466 e. The van der Waals surface area contributed by atoms with E-state index < -0.39 is 6.36 Å². The first-order valence-corrected chi connectivity index (χ1v) is 15.6. The second-order valence-corrected chi connectivity index (χ2v) is 11.5. The molecule has 1 N–H and O–H groups in total. The van der Waals surface area contributed by atoms with Crippen LogP contribution in [0, 0.1) is 5.92 Å². The average Bonchev–Trinajstić information content (AvgIpc) is 3.48. The van der Waals surface area contributed by atoms with Gasteiger partial charge in [-0.15, -0.1) is 13.2 Å². The minimum atomic E-state index is -4.76. The van der Waals surface area contributed by atoms with Gasteiger partial charge in [0.1, 0.15) is 11.6 Å². The molecule has 3 heterocycles. The monoisotopic (exact) mass is 624 g/mol. The van der Waals surface area contributed by atoms with Gasteiger partial charge in [-0.25, -0.2) is 4.98 Å². The number of anilines is 2. The zero-order chi connectivity index (χ0) is 32.0. The highest BCUT2D eigenvalue weighted by Crippen LogP contribution is 2.32. The normalized spacial score (nSPS) is 17.7. The lowest BCUT2D eigenvalue weighted by Gasteiger charge is -2.32. The average molecular weight is 625 g/mol. The molecule has 2 fully saturated rings. The number of carbonyl (C=O) groups is 2. The van der Waals surface area contributed by atoms with E-state index in [-0.39, 0.29) is 23.5 Å². The molecule has 1 atom stereocenters. The lowest BCUT2D eigenvalue weighted by Crippen LogP contribution is -2.37. The van der Waals surface area contributed by atoms with Crippen LogP contribution in [-0.4, -0.2) is 60.4 Å². The third kappa shape index (κ3) is 8.33. The number of benzene rings is 2. The van der Waals surface area contributed by atoms with Crippen molar-refractivity contribution in [1.82, 2.24) is 9.88 Å². The van der Waals surface area contributed by atoms with Crippen LogP contribution in [0.1, 0.15) is 61.9 Å². The van der Waals surface area contributed by atoms with Crippen LogP contribution in [0.15, 0.2) is 60.8 Å². The van der Waals surface area contributed by atoms with E-state index in [2.05, 4.69) is 31.8 Å².